The van der Waals surface area contributed by atoms with Crippen molar-refractivity contribution in [2.24, 2.45) is 10.2 Å². The van der Waals surface area contributed by atoms with Gasteiger partial charge in [0.25, 0.3) is 5.91 Å². The molecule has 0 aromatic heterocycles. The molecule has 0 spiro atoms. The number of carbonyl (C=O) groups excluding carboxylic acids is 2. The second kappa shape index (κ2) is 9.82. The largest absolute Gasteiger partial charge is 0.525 e. The Kier molecular flexibility index (Phi) is 7.67. The van der Waals surface area contributed by atoms with E-state index in [1.54, 1.807) is 0 Å². The first-order valence-electron chi connectivity index (χ1n) is 7.85. The molecule has 1 amide bonds. The van der Waals surface area contributed by atoms with Gasteiger partial charge >= 0.3 is 24.8 Å². The Labute approximate surface area is 173 Å². The Hall–Kier alpha value is -3.07. The van der Waals surface area contributed by atoms with Gasteiger partial charge in [-0.05, 0) is 41.6 Å². The molecule has 0 aliphatic carbocycles. The monoisotopic (exact) mass is 471 g/mol. The molecular formula is C16H11F6N3O5S. The van der Waals surface area contributed by atoms with Crippen LogP contribution in [0.2, 0.25) is 0 Å². The van der Waals surface area contributed by atoms with E-state index in [2.05, 4.69) is 29.7 Å². The molecule has 0 radical (unpaired) electrons. The van der Waals surface area contributed by atoms with Crippen molar-refractivity contribution in [2.45, 2.75) is 18.8 Å². The van der Waals surface area contributed by atoms with Crippen LogP contribution in [0.3, 0.4) is 0 Å². The van der Waals surface area contributed by atoms with E-state index in [0.29, 0.717) is 5.56 Å². The number of hydrogen-bond acceptors (Lipinski definition) is 8. The number of amidine groups is 1. The molecule has 8 nitrogen and oxygen atoms in total. The van der Waals surface area contributed by atoms with Crippen molar-refractivity contribution in [2.75, 3.05) is 7.11 Å². The zero-order chi connectivity index (χ0) is 23.2. The van der Waals surface area contributed by atoms with E-state index in [0.717, 1.165) is 43.3 Å². The van der Waals surface area contributed by atoms with Crippen LogP contribution in [0.25, 0.3) is 0 Å². The SMILES string of the molecule is COC(=O)/C=C1/S/C(=N\N=Cc2ccc(OC(F)(F)C(F)OC(F)(F)F)cc2)NC1=O. The van der Waals surface area contributed by atoms with Gasteiger partial charge in [0.05, 0.1) is 18.2 Å². The Morgan fingerprint density at radius 3 is 2.42 bits per heavy atom. The van der Waals surface area contributed by atoms with Gasteiger partial charge in [-0.2, -0.15) is 13.9 Å². The van der Waals surface area contributed by atoms with Crippen LogP contribution < -0.4 is 10.1 Å². The number of amides is 1. The van der Waals surface area contributed by atoms with Crippen LogP contribution in [-0.2, 0) is 19.1 Å². The minimum Gasteiger partial charge on any atom is -0.466 e. The summed E-state index contributed by atoms with van der Waals surface area (Å²) in [6.45, 7) is 0. The number of nitrogens with one attached hydrogen (secondary N) is 1. The molecule has 1 fully saturated rings. The standard InChI is InChI=1S/C16H11F6N3O5S/c1-28-11(26)6-10-12(27)24-14(31-10)25-23-7-8-2-4-9(5-3-8)29-15(18,19)13(17)30-16(20,21)22/h2-7,13H,1H3,(H,24,25,27)/b10-6+,23-7?. The van der Waals surface area contributed by atoms with Gasteiger partial charge in [0.15, 0.2) is 5.17 Å². The maximum Gasteiger partial charge on any atom is 0.525 e. The number of halogens is 6. The smallest absolute Gasteiger partial charge is 0.466 e. The lowest BCUT2D eigenvalue weighted by atomic mass is 10.2. The molecule has 1 aliphatic heterocycles. The molecule has 1 unspecified atom stereocenters. The first kappa shape index (κ1) is 24.2. The van der Waals surface area contributed by atoms with Crippen molar-refractivity contribution in [3.8, 4) is 5.75 Å². The highest BCUT2D eigenvalue weighted by atomic mass is 32.2. The summed E-state index contributed by atoms with van der Waals surface area (Å²) in [5.74, 6) is -1.97. The predicted octanol–water partition coefficient (Wildman–Crippen LogP) is 3.10. The lowest BCUT2D eigenvalue weighted by Gasteiger charge is -2.22. The number of methoxy groups -OCH3 is 1. The predicted molar refractivity (Wildman–Crippen MR) is 94.9 cm³/mol. The highest BCUT2D eigenvalue weighted by Gasteiger charge is 2.50. The van der Waals surface area contributed by atoms with Crippen LogP contribution in [0, 0.1) is 0 Å². The van der Waals surface area contributed by atoms with Gasteiger partial charge in [-0.1, -0.05) is 0 Å². The first-order valence-corrected chi connectivity index (χ1v) is 8.66. The molecule has 1 N–H and O–H groups in total. The Balaban J connectivity index is 1.97. The topological polar surface area (TPSA) is 98.6 Å². The van der Waals surface area contributed by atoms with E-state index in [4.69, 9.17) is 0 Å². The Morgan fingerprint density at radius 1 is 1.19 bits per heavy atom. The van der Waals surface area contributed by atoms with Gasteiger partial charge in [0.2, 0.25) is 0 Å². The third kappa shape index (κ3) is 7.60. The van der Waals surface area contributed by atoms with Gasteiger partial charge in [-0.25, -0.2) is 13.9 Å². The molecule has 1 aromatic rings. The molecule has 1 aromatic carbocycles. The van der Waals surface area contributed by atoms with Crippen molar-refractivity contribution in [3.05, 3.63) is 40.8 Å². The van der Waals surface area contributed by atoms with Crippen molar-refractivity contribution < 1.29 is 50.1 Å². The number of hydrogen-bond donors (Lipinski definition) is 1. The molecule has 31 heavy (non-hydrogen) atoms. The third-order valence-electron chi connectivity index (χ3n) is 3.09. The van der Waals surface area contributed by atoms with Crippen LogP contribution >= 0.6 is 11.8 Å². The summed E-state index contributed by atoms with van der Waals surface area (Å²) in [4.78, 5) is 22.8. The summed E-state index contributed by atoms with van der Waals surface area (Å²) < 4.78 is 86.1. The number of benzene rings is 1. The van der Waals surface area contributed by atoms with Crippen LogP contribution in [0.15, 0.2) is 45.4 Å². The minimum atomic E-state index is -5.61. The quantitative estimate of drug-likeness (QED) is 0.216. The number of thioether (sulfide) groups is 1. The molecule has 0 saturated carbocycles. The fourth-order valence-corrected chi connectivity index (χ4v) is 2.54. The van der Waals surface area contributed by atoms with Crippen molar-refractivity contribution in [1.29, 1.82) is 0 Å². The van der Waals surface area contributed by atoms with Crippen molar-refractivity contribution in [1.82, 2.24) is 5.32 Å². The van der Waals surface area contributed by atoms with Gasteiger partial charge in [0.1, 0.15) is 5.75 Å². The Bertz CT molecular complexity index is 917. The zero-order valence-corrected chi connectivity index (χ0v) is 16.0. The normalized spacial score (nSPS) is 18.5. The van der Waals surface area contributed by atoms with Crippen molar-refractivity contribution in [3.63, 3.8) is 0 Å². The minimum absolute atomic E-state index is 0.0314. The number of carbonyl (C=O) groups is 2. The van der Waals surface area contributed by atoms with Crippen LogP contribution in [0.1, 0.15) is 5.56 Å². The molecule has 1 heterocycles. The molecule has 2 rings (SSSR count). The number of alkyl halides is 6. The molecule has 1 aliphatic rings. The average molecular weight is 471 g/mol. The summed E-state index contributed by atoms with van der Waals surface area (Å²) in [5, 5.41) is 9.73. The van der Waals surface area contributed by atoms with Crippen LogP contribution in [0.4, 0.5) is 26.3 Å². The molecule has 168 valence electrons. The number of esters is 1. The second-order valence-electron chi connectivity index (χ2n) is 5.35. The highest BCUT2D eigenvalue weighted by Crippen LogP contribution is 2.31. The number of ether oxygens (including phenoxy) is 3. The fourth-order valence-electron chi connectivity index (χ4n) is 1.80. The Morgan fingerprint density at radius 2 is 1.84 bits per heavy atom. The van der Waals surface area contributed by atoms with Crippen LogP contribution in [0.5, 0.6) is 5.75 Å². The van der Waals surface area contributed by atoms with E-state index in [9.17, 15) is 35.9 Å². The van der Waals surface area contributed by atoms with Gasteiger partial charge in [-0.15, -0.1) is 18.3 Å². The van der Waals surface area contributed by atoms with Crippen molar-refractivity contribution >= 4 is 35.0 Å². The lowest BCUT2D eigenvalue weighted by molar-refractivity contribution is -0.411. The summed E-state index contributed by atoms with van der Waals surface area (Å²) in [6, 6.07) is 4.20. The fraction of sp³-hybridized carbons (Fsp3) is 0.250. The average Bonchev–Trinajstić information content (AvgIpc) is 3.00. The van der Waals surface area contributed by atoms with E-state index >= 15 is 0 Å². The zero-order valence-electron chi connectivity index (χ0n) is 15.2. The highest BCUT2D eigenvalue weighted by molar-refractivity contribution is 8.18. The number of nitrogens with zero attached hydrogens (tertiary/aromatic N) is 2. The number of rotatable bonds is 7. The molecular weight excluding hydrogens is 460 g/mol. The summed E-state index contributed by atoms with van der Waals surface area (Å²) in [6.07, 6.45) is -12.5. The van der Waals surface area contributed by atoms with E-state index in [1.807, 2.05) is 0 Å². The molecule has 15 heteroatoms. The van der Waals surface area contributed by atoms with E-state index < -0.39 is 36.5 Å². The van der Waals surface area contributed by atoms with Gasteiger partial charge in [-0.3, -0.25) is 10.1 Å². The maximum atomic E-state index is 13.3. The molecule has 1 atom stereocenters. The molecule has 0 bridgehead atoms. The van der Waals surface area contributed by atoms with E-state index in [-0.39, 0.29) is 10.1 Å². The third-order valence-corrected chi connectivity index (χ3v) is 3.99. The lowest BCUT2D eigenvalue weighted by Crippen LogP contribution is -2.41. The first-order chi connectivity index (χ1) is 14.4. The summed E-state index contributed by atoms with van der Waals surface area (Å²) in [5.41, 5.74) is 0.294. The summed E-state index contributed by atoms with van der Waals surface area (Å²) in [7, 11) is 1.14. The molecule has 1 saturated heterocycles. The van der Waals surface area contributed by atoms with Gasteiger partial charge < -0.3 is 9.47 Å². The van der Waals surface area contributed by atoms with E-state index in [1.165, 1.54) is 12.1 Å². The summed E-state index contributed by atoms with van der Waals surface area (Å²) >= 11 is 0.818. The maximum absolute atomic E-state index is 13.3. The van der Waals surface area contributed by atoms with Crippen LogP contribution in [-0.4, -0.2) is 49.2 Å². The second-order valence-corrected chi connectivity index (χ2v) is 6.38. The van der Waals surface area contributed by atoms with Gasteiger partial charge in [0, 0.05) is 6.08 Å².